The molecule has 0 saturated heterocycles. The van der Waals surface area contributed by atoms with Crippen LogP contribution in [-0.2, 0) is 6.42 Å². The summed E-state index contributed by atoms with van der Waals surface area (Å²) in [4.78, 5) is 5.66. The van der Waals surface area contributed by atoms with E-state index in [4.69, 9.17) is 0 Å². The van der Waals surface area contributed by atoms with Crippen LogP contribution in [0.2, 0.25) is 0 Å². The summed E-state index contributed by atoms with van der Waals surface area (Å²) in [5.74, 6) is 0.928. The second-order valence-corrected chi connectivity index (χ2v) is 5.98. The molecule has 0 fully saturated rings. The van der Waals surface area contributed by atoms with Gasteiger partial charge in [0.25, 0.3) is 0 Å². The average Bonchev–Trinajstić information content (AvgIpc) is 2.90. The van der Waals surface area contributed by atoms with E-state index >= 15 is 0 Å². The zero-order valence-electron chi connectivity index (χ0n) is 10.7. The Kier molecular flexibility index (Phi) is 3.85. The molecule has 2 nitrogen and oxygen atoms in total. The molecule has 1 aromatic carbocycles. The van der Waals surface area contributed by atoms with Gasteiger partial charge < -0.3 is 5.11 Å². The van der Waals surface area contributed by atoms with Crippen molar-refractivity contribution in [2.24, 2.45) is 0 Å². The molecule has 0 bridgehead atoms. The van der Waals surface area contributed by atoms with Gasteiger partial charge in [0, 0.05) is 28.5 Å². The molecule has 1 aliphatic rings. The Balaban J connectivity index is 1.64. The maximum atomic E-state index is 10.4. The van der Waals surface area contributed by atoms with E-state index in [9.17, 15) is 5.11 Å². The van der Waals surface area contributed by atoms with Crippen LogP contribution in [0, 0.1) is 0 Å². The molecule has 2 unspecified atom stereocenters. The van der Waals surface area contributed by atoms with Crippen molar-refractivity contribution in [2.75, 3.05) is 5.75 Å². The van der Waals surface area contributed by atoms with Gasteiger partial charge in [-0.1, -0.05) is 24.3 Å². The van der Waals surface area contributed by atoms with Crippen molar-refractivity contribution in [3.8, 4) is 0 Å². The van der Waals surface area contributed by atoms with Gasteiger partial charge in [0.1, 0.15) is 0 Å². The lowest BCUT2D eigenvalue weighted by molar-refractivity contribution is 0.165. The van der Waals surface area contributed by atoms with E-state index in [1.807, 2.05) is 30.5 Å². The molecule has 1 aromatic heterocycles. The molecular weight excluding hydrogens is 254 g/mol. The van der Waals surface area contributed by atoms with Crippen LogP contribution >= 0.6 is 11.8 Å². The normalized spacial score (nSPS) is 19.1. The third kappa shape index (κ3) is 2.82. The maximum absolute atomic E-state index is 10.4. The number of rotatable bonds is 4. The standard InChI is InChI=1S/C16H17NOS/c18-15(11-19-13-6-2-1-3-7-13)14-9-8-12-5-4-10-17-16(12)14/h1-7,10,14-15,18H,8-9,11H2. The highest BCUT2D eigenvalue weighted by atomic mass is 32.2. The van der Waals surface area contributed by atoms with Gasteiger partial charge >= 0.3 is 0 Å². The first-order valence-electron chi connectivity index (χ1n) is 6.64. The number of benzene rings is 1. The van der Waals surface area contributed by atoms with Crippen LogP contribution < -0.4 is 0 Å². The summed E-state index contributed by atoms with van der Waals surface area (Å²) in [5.41, 5.74) is 2.40. The van der Waals surface area contributed by atoms with E-state index in [2.05, 4.69) is 23.2 Å². The molecule has 3 heteroatoms. The highest BCUT2D eigenvalue weighted by molar-refractivity contribution is 7.99. The molecule has 3 rings (SSSR count). The minimum atomic E-state index is -0.318. The van der Waals surface area contributed by atoms with Gasteiger partial charge in [-0.15, -0.1) is 11.8 Å². The Morgan fingerprint density at radius 1 is 1.21 bits per heavy atom. The van der Waals surface area contributed by atoms with Crippen molar-refractivity contribution >= 4 is 11.8 Å². The summed E-state index contributed by atoms with van der Waals surface area (Å²) in [6, 6.07) is 14.3. The van der Waals surface area contributed by atoms with E-state index in [1.54, 1.807) is 11.8 Å². The van der Waals surface area contributed by atoms with Crippen molar-refractivity contribution in [1.29, 1.82) is 0 Å². The van der Waals surface area contributed by atoms with Crippen molar-refractivity contribution in [1.82, 2.24) is 4.98 Å². The maximum Gasteiger partial charge on any atom is 0.0717 e. The predicted molar refractivity (Wildman–Crippen MR) is 78.5 cm³/mol. The number of nitrogens with zero attached hydrogens (tertiary/aromatic N) is 1. The molecule has 1 aliphatic carbocycles. The first-order valence-corrected chi connectivity index (χ1v) is 7.63. The lowest BCUT2D eigenvalue weighted by Gasteiger charge is -2.18. The Labute approximate surface area is 117 Å². The Morgan fingerprint density at radius 3 is 2.89 bits per heavy atom. The SMILES string of the molecule is OC(CSc1ccccc1)C1CCc2cccnc21. The Hall–Kier alpha value is -1.32. The fourth-order valence-corrected chi connectivity index (χ4v) is 3.58. The monoisotopic (exact) mass is 271 g/mol. The van der Waals surface area contributed by atoms with Gasteiger partial charge in [-0.2, -0.15) is 0 Å². The fourth-order valence-electron chi connectivity index (χ4n) is 2.63. The van der Waals surface area contributed by atoms with Crippen LogP contribution in [0.15, 0.2) is 53.6 Å². The minimum absolute atomic E-state index is 0.201. The Morgan fingerprint density at radius 2 is 2.05 bits per heavy atom. The second-order valence-electron chi connectivity index (χ2n) is 4.88. The summed E-state index contributed by atoms with van der Waals surface area (Å²) < 4.78 is 0. The van der Waals surface area contributed by atoms with Crippen LogP contribution in [0.5, 0.6) is 0 Å². The molecule has 1 N–H and O–H groups in total. The van der Waals surface area contributed by atoms with Gasteiger partial charge in [-0.05, 0) is 36.6 Å². The van der Waals surface area contributed by atoms with E-state index in [1.165, 1.54) is 10.5 Å². The first kappa shape index (κ1) is 12.7. The first-order chi connectivity index (χ1) is 9.34. The molecule has 98 valence electrons. The smallest absolute Gasteiger partial charge is 0.0717 e. The average molecular weight is 271 g/mol. The van der Waals surface area contributed by atoms with Gasteiger partial charge in [0.2, 0.25) is 0 Å². The zero-order chi connectivity index (χ0) is 13.1. The molecule has 2 aromatic rings. The summed E-state index contributed by atoms with van der Waals surface area (Å²) in [7, 11) is 0. The number of hydrogen-bond acceptors (Lipinski definition) is 3. The highest BCUT2D eigenvalue weighted by Crippen LogP contribution is 2.35. The molecule has 0 amide bonds. The van der Waals surface area contributed by atoms with Crippen molar-refractivity contribution < 1.29 is 5.11 Å². The summed E-state index contributed by atoms with van der Waals surface area (Å²) >= 11 is 1.71. The molecule has 0 spiro atoms. The quantitative estimate of drug-likeness (QED) is 0.866. The molecule has 0 radical (unpaired) electrons. The van der Waals surface area contributed by atoms with Crippen LogP contribution in [0.1, 0.15) is 23.6 Å². The minimum Gasteiger partial charge on any atom is -0.392 e. The number of pyridine rings is 1. The number of thioether (sulfide) groups is 1. The number of aryl methyl sites for hydroxylation is 1. The topological polar surface area (TPSA) is 33.1 Å². The summed E-state index contributed by atoms with van der Waals surface area (Å²) in [5, 5.41) is 10.4. The van der Waals surface area contributed by atoms with Crippen LogP contribution in [-0.4, -0.2) is 21.9 Å². The summed E-state index contributed by atoms with van der Waals surface area (Å²) in [6.45, 7) is 0. The molecular formula is C16H17NOS. The van der Waals surface area contributed by atoms with E-state index < -0.39 is 0 Å². The largest absolute Gasteiger partial charge is 0.392 e. The van der Waals surface area contributed by atoms with E-state index in [-0.39, 0.29) is 12.0 Å². The third-order valence-electron chi connectivity index (χ3n) is 3.63. The number of aromatic nitrogens is 1. The van der Waals surface area contributed by atoms with Crippen molar-refractivity contribution in [3.05, 3.63) is 59.9 Å². The fraction of sp³-hybridized carbons (Fsp3) is 0.312. The van der Waals surface area contributed by atoms with Crippen LogP contribution in [0.4, 0.5) is 0 Å². The van der Waals surface area contributed by atoms with Gasteiger partial charge in [0.05, 0.1) is 6.10 Å². The third-order valence-corrected chi connectivity index (χ3v) is 4.74. The van der Waals surface area contributed by atoms with Gasteiger partial charge in [-0.3, -0.25) is 4.98 Å². The molecule has 19 heavy (non-hydrogen) atoms. The molecule has 2 atom stereocenters. The van der Waals surface area contributed by atoms with Crippen molar-refractivity contribution in [2.45, 2.75) is 29.8 Å². The highest BCUT2D eigenvalue weighted by Gasteiger charge is 2.29. The predicted octanol–water partition coefficient (Wildman–Crippen LogP) is 3.26. The van der Waals surface area contributed by atoms with Gasteiger partial charge in [0.15, 0.2) is 0 Å². The van der Waals surface area contributed by atoms with Crippen LogP contribution in [0.3, 0.4) is 0 Å². The second kappa shape index (κ2) is 5.76. The number of aliphatic hydroxyl groups excluding tert-OH is 1. The van der Waals surface area contributed by atoms with Crippen LogP contribution in [0.25, 0.3) is 0 Å². The lowest BCUT2D eigenvalue weighted by Crippen LogP contribution is -2.19. The van der Waals surface area contributed by atoms with E-state index in [0.717, 1.165) is 24.3 Å². The lowest BCUT2D eigenvalue weighted by atomic mass is 10.0. The molecule has 0 aliphatic heterocycles. The summed E-state index contributed by atoms with van der Waals surface area (Å²) in [6.07, 6.45) is 3.57. The molecule has 0 saturated carbocycles. The zero-order valence-corrected chi connectivity index (χ0v) is 11.5. The van der Waals surface area contributed by atoms with Crippen molar-refractivity contribution in [3.63, 3.8) is 0 Å². The number of aliphatic hydroxyl groups is 1. The molecule has 1 heterocycles. The Bertz CT molecular complexity index is 543. The van der Waals surface area contributed by atoms with Gasteiger partial charge in [-0.25, -0.2) is 0 Å². The number of fused-ring (bicyclic) bond motifs is 1. The number of hydrogen-bond donors (Lipinski definition) is 1. The van der Waals surface area contributed by atoms with E-state index in [0.29, 0.717) is 0 Å².